The summed E-state index contributed by atoms with van der Waals surface area (Å²) in [5.41, 5.74) is 9.33. The largest absolute Gasteiger partial charge is 0.273 e. The Labute approximate surface area is 142 Å². The second-order valence-corrected chi connectivity index (χ2v) is 8.41. The van der Waals surface area contributed by atoms with E-state index in [1.165, 1.54) is 6.26 Å². The SMILES string of the molecule is CCC1NN2C(S(C)(=O)=O)=CC=C(C3=NNC(=O)CC3C)C2=C1C. The lowest BCUT2D eigenvalue weighted by atomic mass is 9.89. The number of amides is 1. The molecule has 3 heterocycles. The van der Waals surface area contributed by atoms with Crippen LogP contribution < -0.4 is 10.9 Å². The maximum absolute atomic E-state index is 12.1. The van der Waals surface area contributed by atoms with Gasteiger partial charge in [-0.25, -0.2) is 19.3 Å². The van der Waals surface area contributed by atoms with Gasteiger partial charge in [0.15, 0.2) is 9.84 Å². The molecule has 0 aromatic rings. The summed E-state index contributed by atoms with van der Waals surface area (Å²) in [5.74, 6) is -0.130. The average Bonchev–Trinajstić information content (AvgIpc) is 2.83. The maximum Gasteiger partial charge on any atom is 0.240 e. The zero-order valence-corrected chi connectivity index (χ0v) is 15.1. The van der Waals surface area contributed by atoms with Gasteiger partial charge >= 0.3 is 0 Å². The summed E-state index contributed by atoms with van der Waals surface area (Å²) in [6, 6.07) is 0.0701. The molecule has 24 heavy (non-hydrogen) atoms. The second kappa shape index (κ2) is 5.86. The zero-order chi connectivity index (χ0) is 17.6. The molecule has 7 nitrogen and oxygen atoms in total. The van der Waals surface area contributed by atoms with E-state index >= 15 is 0 Å². The summed E-state index contributed by atoms with van der Waals surface area (Å²) in [5, 5.41) is 6.11. The fourth-order valence-corrected chi connectivity index (χ4v) is 4.14. The number of carbonyl (C=O) groups is 1. The molecule has 2 unspecified atom stereocenters. The quantitative estimate of drug-likeness (QED) is 0.798. The number of hydrogen-bond acceptors (Lipinski definition) is 6. The molecule has 1 amide bonds. The van der Waals surface area contributed by atoms with Crippen molar-refractivity contribution in [2.24, 2.45) is 11.0 Å². The molecule has 3 aliphatic heterocycles. The Hall–Kier alpha value is -1.93. The summed E-state index contributed by atoms with van der Waals surface area (Å²) in [7, 11) is -3.38. The van der Waals surface area contributed by atoms with Crippen LogP contribution in [0.3, 0.4) is 0 Å². The van der Waals surface area contributed by atoms with Gasteiger partial charge in [-0.3, -0.25) is 9.80 Å². The molecule has 2 atom stereocenters. The topological polar surface area (TPSA) is 90.9 Å². The van der Waals surface area contributed by atoms with Crippen LogP contribution in [0.4, 0.5) is 0 Å². The van der Waals surface area contributed by atoms with Crippen LogP contribution in [-0.2, 0) is 14.6 Å². The van der Waals surface area contributed by atoms with E-state index in [1.54, 1.807) is 17.2 Å². The number of nitrogens with one attached hydrogen (secondary N) is 2. The second-order valence-electron chi connectivity index (χ2n) is 6.45. The number of fused-ring (bicyclic) bond motifs is 1. The zero-order valence-electron chi connectivity index (χ0n) is 14.3. The number of nitrogens with zero attached hydrogens (tertiary/aromatic N) is 2. The average molecular weight is 350 g/mol. The fraction of sp³-hybridized carbons (Fsp3) is 0.500. The molecule has 0 aromatic heterocycles. The van der Waals surface area contributed by atoms with Crippen LogP contribution in [0, 0.1) is 5.92 Å². The van der Waals surface area contributed by atoms with Crippen molar-refractivity contribution < 1.29 is 13.2 Å². The lowest BCUT2D eigenvalue weighted by Crippen LogP contribution is -2.41. The van der Waals surface area contributed by atoms with Crippen molar-refractivity contribution in [3.05, 3.63) is 34.0 Å². The number of allylic oxidation sites excluding steroid dienone is 3. The van der Waals surface area contributed by atoms with Gasteiger partial charge in [-0.15, -0.1) is 0 Å². The van der Waals surface area contributed by atoms with Crippen LogP contribution in [0.1, 0.15) is 33.6 Å². The van der Waals surface area contributed by atoms with Gasteiger partial charge in [0.1, 0.15) is 5.03 Å². The highest BCUT2D eigenvalue weighted by molar-refractivity contribution is 7.94. The van der Waals surface area contributed by atoms with Crippen LogP contribution in [0.15, 0.2) is 39.1 Å². The van der Waals surface area contributed by atoms with Crippen LogP contribution >= 0.6 is 0 Å². The Morgan fingerprint density at radius 1 is 1.38 bits per heavy atom. The lowest BCUT2D eigenvalue weighted by molar-refractivity contribution is -0.121. The fourth-order valence-electron chi connectivity index (χ4n) is 3.35. The van der Waals surface area contributed by atoms with Crippen molar-refractivity contribution in [3.63, 3.8) is 0 Å². The first-order valence-corrected chi connectivity index (χ1v) is 9.89. The molecule has 0 aliphatic carbocycles. The first-order chi connectivity index (χ1) is 11.2. The summed E-state index contributed by atoms with van der Waals surface area (Å²) in [6.07, 6.45) is 5.80. The van der Waals surface area contributed by atoms with Gasteiger partial charge in [0.25, 0.3) is 0 Å². The molecule has 0 bridgehead atoms. The summed E-state index contributed by atoms with van der Waals surface area (Å²) >= 11 is 0. The number of hydrazine groups is 1. The third-order valence-corrected chi connectivity index (χ3v) is 5.67. The van der Waals surface area contributed by atoms with Gasteiger partial charge in [-0.2, -0.15) is 5.10 Å². The highest BCUT2D eigenvalue weighted by Gasteiger charge is 2.39. The maximum atomic E-state index is 12.1. The standard InChI is InChI=1S/C16H22N4O3S/c1-5-12-10(3)16-11(15-9(2)8-13(21)17-18-15)6-7-14(20(16)19-12)24(4,22)23/h6-7,9,12,19H,5,8H2,1-4H3,(H,17,21). The van der Waals surface area contributed by atoms with E-state index in [1.807, 2.05) is 20.8 Å². The first kappa shape index (κ1) is 16.9. The van der Waals surface area contributed by atoms with E-state index < -0.39 is 9.84 Å². The molecule has 3 rings (SSSR count). The predicted molar refractivity (Wildman–Crippen MR) is 92.1 cm³/mol. The first-order valence-electron chi connectivity index (χ1n) is 8.00. The van der Waals surface area contributed by atoms with Crippen LogP contribution in [0.5, 0.6) is 0 Å². The van der Waals surface area contributed by atoms with Crippen molar-refractivity contribution in [2.75, 3.05) is 6.26 Å². The smallest absolute Gasteiger partial charge is 0.240 e. The van der Waals surface area contributed by atoms with Crippen molar-refractivity contribution in [2.45, 2.75) is 39.7 Å². The number of hydrazone groups is 1. The molecule has 0 fully saturated rings. The van der Waals surface area contributed by atoms with E-state index in [0.29, 0.717) is 6.42 Å². The lowest BCUT2D eigenvalue weighted by Gasteiger charge is -2.31. The number of carbonyl (C=O) groups excluding carboxylic acids is 1. The van der Waals surface area contributed by atoms with Crippen LogP contribution in [-0.4, -0.2) is 37.3 Å². The van der Waals surface area contributed by atoms with Crippen LogP contribution in [0.25, 0.3) is 0 Å². The van der Waals surface area contributed by atoms with E-state index in [4.69, 9.17) is 0 Å². The highest BCUT2D eigenvalue weighted by atomic mass is 32.2. The molecule has 0 saturated carbocycles. The van der Waals surface area contributed by atoms with Crippen molar-refractivity contribution in [1.29, 1.82) is 0 Å². The van der Waals surface area contributed by atoms with Gasteiger partial charge in [0, 0.05) is 30.2 Å². The van der Waals surface area contributed by atoms with E-state index in [-0.39, 0.29) is 22.9 Å². The summed E-state index contributed by atoms with van der Waals surface area (Å²) in [4.78, 5) is 11.5. The Bertz CT molecular complexity index is 820. The molecule has 0 aromatic carbocycles. The minimum absolute atomic E-state index is 0.0268. The number of hydrogen-bond donors (Lipinski definition) is 2. The Morgan fingerprint density at radius 2 is 2.08 bits per heavy atom. The third kappa shape index (κ3) is 2.69. The Kier molecular flexibility index (Phi) is 4.13. The molecule has 8 heteroatoms. The number of rotatable bonds is 3. The monoisotopic (exact) mass is 350 g/mol. The highest BCUT2D eigenvalue weighted by Crippen LogP contribution is 2.37. The third-order valence-electron chi connectivity index (χ3n) is 4.60. The Morgan fingerprint density at radius 3 is 2.67 bits per heavy atom. The van der Waals surface area contributed by atoms with Gasteiger partial charge < -0.3 is 0 Å². The molecule has 0 radical (unpaired) electrons. The van der Waals surface area contributed by atoms with Gasteiger partial charge in [0.2, 0.25) is 5.91 Å². The van der Waals surface area contributed by atoms with Gasteiger partial charge in [-0.1, -0.05) is 13.8 Å². The van der Waals surface area contributed by atoms with E-state index in [9.17, 15) is 13.2 Å². The van der Waals surface area contributed by atoms with Crippen molar-refractivity contribution in [1.82, 2.24) is 15.9 Å². The van der Waals surface area contributed by atoms with Crippen LogP contribution in [0.2, 0.25) is 0 Å². The minimum Gasteiger partial charge on any atom is -0.273 e. The molecule has 0 spiro atoms. The minimum atomic E-state index is -3.38. The van der Waals surface area contributed by atoms with Crippen molar-refractivity contribution in [3.8, 4) is 0 Å². The van der Waals surface area contributed by atoms with Gasteiger partial charge in [-0.05, 0) is 31.1 Å². The Balaban J connectivity index is 2.15. The molecular weight excluding hydrogens is 328 g/mol. The van der Waals surface area contributed by atoms with E-state index in [0.717, 1.165) is 29.0 Å². The summed E-state index contributed by atoms with van der Waals surface area (Å²) < 4.78 is 24.3. The predicted octanol–water partition coefficient (Wildman–Crippen LogP) is 1.20. The summed E-state index contributed by atoms with van der Waals surface area (Å²) in [6.45, 7) is 6.00. The van der Waals surface area contributed by atoms with E-state index in [2.05, 4.69) is 16.0 Å². The van der Waals surface area contributed by atoms with Gasteiger partial charge in [0.05, 0.1) is 11.4 Å². The normalized spacial score (nSPS) is 27.4. The molecule has 130 valence electrons. The van der Waals surface area contributed by atoms with Crippen molar-refractivity contribution >= 4 is 21.5 Å². The molecule has 2 N–H and O–H groups in total. The molecule has 3 aliphatic rings. The molecule has 0 saturated heterocycles. The molecular formula is C16H22N4O3S. The number of sulfone groups is 1.